The van der Waals surface area contributed by atoms with Crippen LogP contribution >= 0.6 is 0 Å². The molecule has 1 atom stereocenters. The molecule has 0 aliphatic carbocycles. The smallest absolute Gasteiger partial charge is 0.140 e. The first-order valence-corrected chi connectivity index (χ1v) is 7.30. The number of nitrogen functional groups attached to an aromatic ring is 1. The summed E-state index contributed by atoms with van der Waals surface area (Å²) in [6.45, 7) is 4.51. The minimum atomic E-state index is 0.690. The summed E-state index contributed by atoms with van der Waals surface area (Å²) in [5, 5.41) is 1.07. The Morgan fingerprint density at radius 2 is 2.10 bits per heavy atom. The minimum Gasteiger partial charge on any atom is -0.399 e. The van der Waals surface area contributed by atoms with E-state index in [4.69, 9.17) is 5.73 Å². The van der Waals surface area contributed by atoms with Gasteiger partial charge in [-0.25, -0.2) is 9.97 Å². The summed E-state index contributed by atoms with van der Waals surface area (Å²) in [7, 11) is 0. The van der Waals surface area contributed by atoms with Gasteiger partial charge in [0, 0.05) is 36.7 Å². The highest BCUT2D eigenvalue weighted by atomic mass is 15.3. The first-order valence-electron chi connectivity index (χ1n) is 7.30. The van der Waals surface area contributed by atoms with Crippen LogP contribution in [0.15, 0.2) is 24.5 Å². The van der Waals surface area contributed by atoms with Crippen LogP contribution in [0.5, 0.6) is 0 Å². The van der Waals surface area contributed by atoms with Gasteiger partial charge in [-0.1, -0.05) is 0 Å². The number of nitrogens with two attached hydrogens (primary N) is 1. The van der Waals surface area contributed by atoms with Crippen LogP contribution in [0.2, 0.25) is 0 Å². The van der Waals surface area contributed by atoms with Crippen molar-refractivity contribution in [3.05, 3.63) is 24.5 Å². The number of hydrogen-bond donors (Lipinski definition) is 1. The molecule has 0 saturated carbocycles. The molecule has 2 saturated heterocycles. The van der Waals surface area contributed by atoms with Crippen LogP contribution in [0.3, 0.4) is 0 Å². The Morgan fingerprint density at radius 1 is 1.15 bits per heavy atom. The van der Waals surface area contributed by atoms with Gasteiger partial charge >= 0.3 is 0 Å². The van der Waals surface area contributed by atoms with E-state index in [0.717, 1.165) is 42.0 Å². The summed E-state index contributed by atoms with van der Waals surface area (Å²) in [4.78, 5) is 13.9. The molecule has 2 aliphatic rings. The topological polar surface area (TPSA) is 58.3 Å². The molecule has 2 fully saturated rings. The van der Waals surface area contributed by atoms with Crippen molar-refractivity contribution in [2.24, 2.45) is 0 Å². The Labute approximate surface area is 118 Å². The van der Waals surface area contributed by atoms with Crippen LogP contribution in [0.4, 0.5) is 11.5 Å². The van der Waals surface area contributed by atoms with Crippen molar-refractivity contribution in [3.63, 3.8) is 0 Å². The van der Waals surface area contributed by atoms with Gasteiger partial charge in [0.25, 0.3) is 0 Å². The maximum Gasteiger partial charge on any atom is 0.140 e. The van der Waals surface area contributed by atoms with Gasteiger partial charge < -0.3 is 10.6 Å². The molecule has 5 nitrogen and oxygen atoms in total. The quantitative estimate of drug-likeness (QED) is 0.795. The van der Waals surface area contributed by atoms with Crippen molar-refractivity contribution in [1.29, 1.82) is 0 Å². The number of anilines is 2. The molecule has 104 valence electrons. The van der Waals surface area contributed by atoms with E-state index in [-0.39, 0.29) is 0 Å². The van der Waals surface area contributed by atoms with E-state index in [1.165, 1.54) is 19.4 Å². The third-order valence-corrected chi connectivity index (χ3v) is 4.53. The molecule has 2 N–H and O–H groups in total. The lowest BCUT2D eigenvalue weighted by molar-refractivity contribution is 0.230. The normalized spacial score (nSPS) is 23.2. The van der Waals surface area contributed by atoms with E-state index < -0.39 is 0 Å². The average Bonchev–Trinajstić information content (AvgIpc) is 2.94. The van der Waals surface area contributed by atoms with Crippen LogP contribution in [0.1, 0.15) is 12.8 Å². The van der Waals surface area contributed by atoms with Gasteiger partial charge in [0.2, 0.25) is 0 Å². The van der Waals surface area contributed by atoms with Gasteiger partial charge in [-0.2, -0.15) is 0 Å². The lowest BCUT2D eigenvalue weighted by atomic mass is 10.1. The molecule has 0 bridgehead atoms. The lowest BCUT2D eigenvalue weighted by Gasteiger charge is -2.38. The van der Waals surface area contributed by atoms with Crippen LogP contribution in [-0.2, 0) is 0 Å². The van der Waals surface area contributed by atoms with Gasteiger partial charge in [0.1, 0.15) is 12.1 Å². The van der Waals surface area contributed by atoms with Gasteiger partial charge in [-0.15, -0.1) is 0 Å². The van der Waals surface area contributed by atoms with Crippen LogP contribution in [0, 0.1) is 0 Å². The predicted molar refractivity (Wildman–Crippen MR) is 80.8 cm³/mol. The molecule has 1 unspecified atom stereocenters. The van der Waals surface area contributed by atoms with Crippen molar-refractivity contribution in [2.45, 2.75) is 18.9 Å². The first-order chi connectivity index (χ1) is 9.81. The number of benzene rings is 1. The summed E-state index contributed by atoms with van der Waals surface area (Å²) in [6, 6.07) is 6.55. The number of nitrogens with zero attached hydrogens (tertiary/aromatic N) is 4. The van der Waals surface area contributed by atoms with Crippen LogP contribution in [-0.4, -0.2) is 47.1 Å². The second-order valence-electron chi connectivity index (χ2n) is 5.75. The average molecular weight is 269 g/mol. The molecular weight excluding hydrogens is 250 g/mol. The van der Waals surface area contributed by atoms with Crippen molar-refractivity contribution < 1.29 is 0 Å². The van der Waals surface area contributed by atoms with Gasteiger partial charge in [0.05, 0.1) is 5.52 Å². The molecule has 20 heavy (non-hydrogen) atoms. The molecule has 5 heteroatoms. The molecule has 4 rings (SSSR count). The van der Waals surface area contributed by atoms with E-state index in [2.05, 4.69) is 19.8 Å². The fourth-order valence-electron chi connectivity index (χ4n) is 3.50. The predicted octanol–water partition coefficient (Wildman–Crippen LogP) is 1.50. The number of rotatable bonds is 1. The Hall–Kier alpha value is -1.88. The molecule has 2 aromatic rings. The highest BCUT2D eigenvalue weighted by Gasteiger charge is 2.31. The molecule has 1 aromatic heterocycles. The summed E-state index contributed by atoms with van der Waals surface area (Å²) in [5.74, 6) is 1.04. The zero-order valence-electron chi connectivity index (χ0n) is 11.5. The highest BCUT2D eigenvalue weighted by Crippen LogP contribution is 2.29. The third kappa shape index (κ3) is 1.89. The SMILES string of the molecule is Nc1ccc2ncnc(N3CCN4CCCC4C3)c2c1. The highest BCUT2D eigenvalue weighted by molar-refractivity contribution is 5.91. The molecule has 3 heterocycles. The Balaban J connectivity index is 1.73. The molecule has 2 aliphatic heterocycles. The second kappa shape index (κ2) is 4.59. The van der Waals surface area contributed by atoms with E-state index in [1.807, 2.05) is 18.2 Å². The van der Waals surface area contributed by atoms with E-state index in [0.29, 0.717) is 6.04 Å². The molecule has 0 spiro atoms. The van der Waals surface area contributed by atoms with Gasteiger partial charge in [-0.3, -0.25) is 4.90 Å². The molecule has 1 aromatic carbocycles. The van der Waals surface area contributed by atoms with Crippen LogP contribution in [0.25, 0.3) is 10.9 Å². The lowest BCUT2D eigenvalue weighted by Crippen LogP contribution is -2.50. The second-order valence-corrected chi connectivity index (χ2v) is 5.75. The van der Waals surface area contributed by atoms with Gasteiger partial charge in [0.15, 0.2) is 0 Å². The van der Waals surface area contributed by atoms with E-state index in [1.54, 1.807) is 6.33 Å². The Morgan fingerprint density at radius 3 is 3.05 bits per heavy atom. The zero-order chi connectivity index (χ0) is 13.5. The van der Waals surface area contributed by atoms with Crippen molar-refractivity contribution >= 4 is 22.4 Å². The summed E-state index contributed by atoms with van der Waals surface area (Å²) >= 11 is 0. The number of aromatic nitrogens is 2. The number of fused-ring (bicyclic) bond motifs is 2. The van der Waals surface area contributed by atoms with Crippen molar-refractivity contribution in [3.8, 4) is 0 Å². The molecule has 0 radical (unpaired) electrons. The van der Waals surface area contributed by atoms with E-state index in [9.17, 15) is 0 Å². The fraction of sp³-hybridized carbons (Fsp3) is 0.467. The molecule has 0 amide bonds. The van der Waals surface area contributed by atoms with E-state index >= 15 is 0 Å². The fourth-order valence-corrected chi connectivity index (χ4v) is 3.50. The number of hydrogen-bond acceptors (Lipinski definition) is 5. The van der Waals surface area contributed by atoms with Crippen LogP contribution < -0.4 is 10.6 Å². The Kier molecular flexibility index (Phi) is 2.73. The Bertz CT molecular complexity index is 641. The number of piperazine rings is 1. The zero-order valence-corrected chi connectivity index (χ0v) is 11.5. The summed E-state index contributed by atoms with van der Waals surface area (Å²) < 4.78 is 0. The summed E-state index contributed by atoms with van der Waals surface area (Å²) in [5.41, 5.74) is 7.67. The van der Waals surface area contributed by atoms with Gasteiger partial charge in [-0.05, 0) is 37.6 Å². The standard InChI is InChI=1S/C15H19N5/c16-11-3-4-14-13(8-11)15(18-10-17-14)20-7-6-19-5-1-2-12(19)9-20/h3-4,8,10,12H,1-2,5-7,9,16H2. The largest absolute Gasteiger partial charge is 0.399 e. The molecular formula is C15H19N5. The monoisotopic (exact) mass is 269 g/mol. The van der Waals surface area contributed by atoms with Crippen molar-refractivity contribution in [1.82, 2.24) is 14.9 Å². The minimum absolute atomic E-state index is 0.690. The maximum absolute atomic E-state index is 5.93. The van der Waals surface area contributed by atoms with Crippen molar-refractivity contribution in [2.75, 3.05) is 36.8 Å². The first kappa shape index (κ1) is 11.9. The third-order valence-electron chi connectivity index (χ3n) is 4.53. The maximum atomic E-state index is 5.93. The summed E-state index contributed by atoms with van der Waals surface area (Å²) in [6.07, 6.45) is 4.30.